The molecule has 0 aromatic heterocycles. The maximum Gasteiger partial charge on any atom is 0.250 e. The van der Waals surface area contributed by atoms with Crippen molar-refractivity contribution < 1.29 is 4.79 Å². The van der Waals surface area contributed by atoms with Crippen LogP contribution >= 0.6 is 11.8 Å². The Balaban J connectivity index is 1.97. The zero-order chi connectivity index (χ0) is 11.0. The Kier molecular flexibility index (Phi) is 2.32. The van der Waals surface area contributed by atoms with E-state index in [4.69, 9.17) is 0 Å². The van der Waals surface area contributed by atoms with Crippen LogP contribution in [0.3, 0.4) is 0 Å². The molecule has 1 amide bonds. The summed E-state index contributed by atoms with van der Waals surface area (Å²) in [5.41, 5.74) is 1.59. The number of carbonyl (C=O) groups is 1. The van der Waals surface area contributed by atoms with Gasteiger partial charge >= 0.3 is 0 Å². The molecule has 16 heavy (non-hydrogen) atoms. The van der Waals surface area contributed by atoms with Crippen molar-refractivity contribution in [2.75, 3.05) is 22.1 Å². The van der Waals surface area contributed by atoms with E-state index in [1.807, 2.05) is 36.0 Å². The van der Waals surface area contributed by atoms with Gasteiger partial charge in [0.25, 0.3) is 0 Å². The fourth-order valence-corrected chi connectivity index (χ4v) is 3.52. The summed E-state index contributed by atoms with van der Waals surface area (Å²) in [5, 5.41) is 6.45. The molecule has 2 N–H and O–H groups in total. The third-order valence-corrected chi connectivity index (χ3v) is 4.32. The van der Waals surface area contributed by atoms with E-state index in [2.05, 4.69) is 10.6 Å². The third-order valence-electron chi connectivity index (χ3n) is 3.33. The van der Waals surface area contributed by atoms with Gasteiger partial charge in [-0.1, -0.05) is 12.1 Å². The van der Waals surface area contributed by atoms with Crippen molar-refractivity contribution in [2.24, 2.45) is 0 Å². The van der Waals surface area contributed by atoms with E-state index in [0.29, 0.717) is 0 Å². The predicted molar refractivity (Wildman–Crippen MR) is 68.0 cm³/mol. The fourth-order valence-electron chi connectivity index (χ4n) is 2.33. The second-order valence-corrected chi connectivity index (χ2v) is 5.54. The number of amides is 1. The number of anilines is 2. The number of carbonyl (C=O) groups excluding carboxylic acids is 1. The first-order valence-corrected chi connectivity index (χ1v) is 6.72. The van der Waals surface area contributed by atoms with E-state index in [1.54, 1.807) is 0 Å². The fraction of sp³-hybridized carbons (Fsp3) is 0.417. The maximum absolute atomic E-state index is 12.2. The van der Waals surface area contributed by atoms with Crippen molar-refractivity contribution in [1.82, 2.24) is 0 Å². The van der Waals surface area contributed by atoms with Gasteiger partial charge < -0.3 is 10.6 Å². The van der Waals surface area contributed by atoms with Crippen molar-refractivity contribution >= 4 is 29.0 Å². The lowest BCUT2D eigenvalue weighted by Gasteiger charge is -2.40. The van der Waals surface area contributed by atoms with Gasteiger partial charge in [0.05, 0.1) is 11.4 Å². The van der Waals surface area contributed by atoms with Crippen LogP contribution in [-0.2, 0) is 4.79 Å². The lowest BCUT2D eigenvalue weighted by Crippen LogP contribution is -2.54. The highest BCUT2D eigenvalue weighted by Crippen LogP contribution is 2.37. The van der Waals surface area contributed by atoms with Gasteiger partial charge in [-0.3, -0.25) is 4.79 Å². The van der Waals surface area contributed by atoms with Gasteiger partial charge in [-0.05, 0) is 36.5 Å². The largest absolute Gasteiger partial charge is 0.369 e. The Labute approximate surface area is 99.0 Å². The van der Waals surface area contributed by atoms with Crippen LogP contribution in [0.4, 0.5) is 11.4 Å². The molecule has 0 radical (unpaired) electrons. The zero-order valence-corrected chi connectivity index (χ0v) is 9.77. The molecule has 0 bridgehead atoms. The van der Waals surface area contributed by atoms with Crippen molar-refractivity contribution in [3.63, 3.8) is 0 Å². The summed E-state index contributed by atoms with van der Waals surface area (Å²) in [6.45, 7) is 0. The molecule has 4 heteroatoms. The summed E-state index contributed by atoms with van der Waals surface area (Å²) in [6.07, 6.45) is 1.83. The molecule has 1 aromatic rings. The highest BCUT2D eigenvalue weighted by Gasteiger charge is 2.42. The van der Waals surface area contributed by atoms with Crippen molar-refractivity contribution in [2.45, 2.75) is 18.4 Å². The summed E-state index contributed by atoms with van der Waals surface area (Å²) in [7, 11) is 0. The summed E-state index contributed by atoms with van der Waals surface area (Å²) < 4.78 is 0. The molecular formula is C12H14N2OS. The van der Waals surface area contributed by atoms with Gasteiger partial charge in [-0.15, -0.1) is 0 Å². The molecule has 3 nitrogen and oxygen atoms in total. The highest BCUT2D eigenvalue weighted by atomic mass is 32.2. The summed E-state index contributed by atoms with van der Waals surface area (Å²) in [4.78, 5) is 12.2. The average molecular weight is 234 g/mol. The molecule has 2 heterocycles. The Bertz CT molecular complexity index is 427. The molecule has 2 aliphatic heterocycles. The van der Waals surface area contributed by atoms with E-state index in [1.165, 1.54) is 0 Å². The molecule has 1 saturated heterocycles. The van der Waals surface area contributed by atoms with Crippen LogP contribution in [-0.4, -0.2) is 23.0 Å². The first kappa shape index (κ1) is 10.0. The van der Waals surface area contributed by atoms with Crippen LogP contribution in [0.2, 0.25) is 0 Å². The molecule has 0 unspecified atom stereocenters. The quantitative estimate of drug-likeness (QED) is 0.724. The van der Waals surface area contributed by atoms with Crippen LogP contribution in [0, 0.1) is 0 Å². The number of nitrogens with one attached hydrogen (secondary N) is 2. The molecule has 1 aromatic carbocycles. The Morgan fingerprint density at radius 1 is 1.12 bits per heavy atom. The van der Waals surface area contributed by atoms with Crippen molar-refractivity contribution in [1.29, 1.82) is 0 Å². The normalized spacial score (nSPS) is 22.1. The lowest BCUT2D eigenvalue weighted by molar-refractivity contribution is -0.120. The number of fused-ring (bicyclic) bond motifs is 1. The van der Waals surface area contributed by atoms with E-state index in [-0.39, 0.29) is 11.4 Å². The number of benzene rings is 1. The van der Waals surface area contributed by atoms with Crippen LogP contribution in [0.15, 0.2) is 24.3 Å². The number of rotatable bonds is 0. The van der Waals surface area contributed by atoms with Gasteiger partial charge in [0.15, 0.2) is 0 Å². The van der Waals surface area contributed by atoms with E-state index < -0.39 is 0 Å². The number of hydrogen-bond donors (Lipinski definition) is 2. The maximum atomic E-state index is 12.2. The van der Waals surface area contributed by atoms with E-state index in [9.17, 15) is 4.79 Å². The summed E-state index contributed by atoms with van der Waals surface area (Å²) in [5.74, 6) is 2.25. The molecule has 3 rings (SSSR count). The third kappa shape index (κ3) is 1.48. The summed E-state index contributed by atoms with van der Waals surface area (Å²) >= 11 is 1.93. The minimum Gasteiger partial charge on any atom is -0.369 e. The predicted octanol–water partition coefficient (Wildman–Crippen LogP) is 2.32. The molecule has 1 fully saturated rings. The van der Waals surface area contributed by atoms with Gasteiger partial charge in [-0.25, -0.2) is 0 Å². The van der Waals surface area contributed by atoms with Crippen molar-refractivity contribution in [3.8, 4) is 0 Å². The van der Waals surface area contributed by atoms with Crippen LogP contribution < -0.4 is 10.6 Å². The van der Waals surface area contributed by atoms with Gasteiger partial charge in [0.2, 0.25) is 5.91 Å². The zero-order valence-electron chi connectivity index (χ0n) is 8.95. The smallest absolute Gasteiger partial charge is 0.250 e. The van der Waals surface area contributed by atoms with Gasteiger partial charge in [-0.2, -0.15) is 11.8 Å². The number of hydrogen-bond acceptors (Lipinski definition) is 3. The highest BCUT2D eigenvalue weighted by molar-refractivity contribution is 7.99. The second-order valence-electron chi connectivity index (χ2n) is 4.32. The lowest BCUT2D eigenvalue weighted by atomic mass is 9.88. The van der Waals surface area contributed by atoms with Gasteiger partial charge in [0, 0.05) is 0 Å². The topological polar surface area (TPSA) is 41.1 Å². The summed E-state index contributed by atoms with van der Waals surface area (Å²) in [6, 6.07) is 7.90. The average Bonchev–Trinajstić information content (AvgIpc) is 2.32. The first-order valence-electron chi connectivity index (χ1n) is 5.57. The molecule has 0 aliphatic carbocycles. The Morgan fingerprint density at radius 2 is 1.81 bits per heavy atom. The molecule has 0 atom stereocenters. The van der Waals surface area contributed by atoms with E-state index >= 15 is 0 Å². The number of para-hydroxylation sites is 2. The minimum atomic E-state index is -0.362. The van der Waals surface area contributed by atoms with Crippen LogP contribution in [0.1, 0.15) is 12.8 Å². The standard InChI is InChI=1S/C12H14N2OS/c15-11-12(5-7-16-8-6-12)14-10-4-2-1-3-9(10)13-11/h1-4,14H,5-8H2,(H,13,15). The number of thioether (sulfide) groups is 1. The second kappa shape index (κ2) is 3.70. The monoisotopic (exact) mass is 234 g/mol. The van der Waals surface area contributed by atoms with Crippen LogP contribution in [0.5, 0.6) is 0 Å². The molecular weight excluding hydrogens is 220 g/mol. The van der Waals surface area contributed by atoms with Crippen LogP contribution in [0.25, 0.3) is 0 Å². The van der Waals surface area contributed by atoms with Crippen molar-refractivity contribution in [3.05, 3.63) is 24.3 Å². The minimum absolute atomic E-state index is 0.131. The molecule has 84 valence electrons. The molecule has 2 aliphatic rings. The first-order chi connectivity index (χ1) is 7.80. The molecule has 1 spiro atoms. The van der Waals surface area contributed by atoms with E-state index in [0.717, 1.165) is 35.7 Å². The SMILES string of the molecule is O=C1Nc2ccccc2NC12CCSCC2. The molecule has 0 saturated carbocycles. The Hall–Kier alpha value is -1.16. The Morgan fingerprint density at radius 3 is 2.56 bits per heavy atom. The van der Waals surface area contributed by atoms with Gasteiger partial charge in [0.1, 0.15) is 5.54 Å².